The van der Waals surface area contributed by atoms with Gasteiger partial charge in [-0.2, -0.15) is 18.3 Å². The third-order valence-electron chi connectivity index (χ3n) is 3.00. The minimum absolute atomic E-state index is 0.178. The Morgan fingerprint density at radius 1 is 1.38 bits per heavy atom. The average Bonchev–Trinajstić information content (AvgIpc) is 2.93. The number of hydrogen-bond donors (Lipinski definition) is 2. The van der Waals surface area contributed by atoms with Gasteiger partial charge in [0.1, 0.15) is 6.04 Å². The lowest BCUT2D eigenvalue weighted by Gasteiger charge is -2.14. The number of amides is 1. The highest BCUT2D eigenvalue weighted by molar-refractivity contribution is 5.95. The van der Waals surface area contributed by atoms with Crippen molar-refractivity contribution in [2.45, 2.75) is 12.2 Å². The first-order chi connectivity index (χ1) is 11.3. The molecule has 0 saturated heterocycles. The summed E-state index contributed by atoms with van der Waals surface area (Å²) in [5.41, 5.74) is 1.01. The van der Waals surface area contributed by atoms with E-state index in [2.05, 4.69) is 25.5 Å². The number of anilines is 1. The van der Waals surface area contributed by atoms with Crippen LogP contribution in [0.3, 0.4) is 0 Å². The zero-order valence-corrected chi connectivity index (χ0v) is 13.0. The molecule has 0 aliphatic rings. The third-order valence-corrected chi connectivity index (χ3v) is 3.00. The molecular weight excluding hydrogens is 327 g/mol. The molecule has 0 aromatic carbocycles. The fraction of sp³-hybridized carbons (Fsp3) is 0.357. The summed E-state index contributed by atoms with van der Waals surface area (Å²) in [4.78, 5) is 16.0. The molecule has 0 aliphatic heterocycles. The summed E-state index contributed by atoms with van der Waals surface area (Å²) in [6.07, 6.45) is 0.0536. The van der Waals surface area contributed by atoms with Gasteiger partial charge in [0.25, 0.3) is 0 Å². The number of halogens is 3. The molecule has 0 fully saturated rings. The molecule has 1 atom stereocenters. The maximum absolute atomic E-state index is 12.3. The highest BCUT2D eigenvalue weighted by Gasteiger charge is 2.28. The lowest BCUT2D eigenvalue weighted by atomic mass is 10.1. The van der Waals surface area contributed by atoms with E-state index in [-0.39, 0.29) is 11.8 Å². The van der Waals surface area contributed by atoms with Crippen LogP contribution in [0.2, 0.25) is 0 Å². The standard InChI is InChI=1S/C14H16F3N5O2/c1-18-12(9-5-20-22(2)7-9)13(23)21-10-3-4-11(19-6-10)24-8-14(15,16)17/h3-7,12,18H,8H2,1-2H3,(H,21,23). The number of hydrogen-bond acceptors (Lipinski definition) is 5. The molecule has 2 heterocycles. The van der Waals surface area contributed by atoms with Crippen LogP contribution < -0.4 is 15.4 Å². The fourth-order valence-electron chi connectivity index (χ4n) is 1.95. The molecule has 0 bridgehead atoms. The van der Waals surface area contributed by atoms with Crippen LogP contribution in [-0.4, -0.2) is 40.5 Å². The molecule has 2 rings (SSSR count). The first-order valence-corrected chi connectivity index (χ1v) is 6.91. The van der Waals surface area contributed by atoms with Crippen molar-refractivity contribution >= 4 is 11.6 Å². The van der Waals surface area contributed by atoms with Crippen LogP contribution in [-0.2, 0) is 11.8 Å². The molecule has 7 nitrogen and oxygen atoms in total. The Balaban J connectivity index is 1.98. The van der Waals surface area contributed by atoms with Crippen LogP contribution in [0.4, 0.5) is 18.9 Å². The van der Waals surface area contributed by atoms with E-state index in [0.717, 1.165) is 0 Å². The van der Waals surface area contributed by atoms with Gasteiger partial charge >= 0.3 is 6.18 Å². The van der Waals surface area contributed by atoms with E-state index in [1.54, 1.807) is 31.2 Å². The Labute approximate surface area is 135 Å². The molecule has 2 aromatic heterocycles. The van der Waals surface area contributed by atoms with Gasteiger partial charge in [0.2, 0.25) is 11.8 Å². The Kier molecular flexibility index (Phi) is 5.39. The van der Waals surface area contributed by atoms with E-state index in [9.17, 15) is 18.0 Å². The predicted octanol–water partition coefficient (Wildman–Crippen LogP) is 1.66. The van der Waals surface area contributed by atoms with Crippen molar-refractivity contribution < 1.29 is 22.7 Å². The lowest BCUT2D eigenvalue weighted by molar-refractivity contribution is -0.154. The van der Waals surface area contributed by atoms with Gasteiger partial charge in [0, 0.05) is 24.9 Å². The number of aromatic nitrogens is 3. The van der Waals surface area contributed by atoms with Crippen molar-refractivity contribution in [2.24, 2.45) is 7.05 Å². The highest BCUT2D eigenvalue weighted by Crippen LogP contribution is 2.19. The minimum atomic E-state index is -4.43. The van der Waals surface area contributed by atoms with E-state index in [0.29, 0.717) is 11.3 Å². The number of alkyl halides is 3. The van der Waals surface area contributed by atoms with Gasteiger partial charge in [-0.25, -0.2) is 4.98 Å². The summed E-state index contributed by atoms with van der Waals surface area (Å²) in [6, 6.07) is 2.03. The summed E-state index contributed by atoms with van der Waals surface area (Å²) in [6.45, 7) is -1.42. The van der Waals surface area contributed by atoms with E-state index in [4.69, 9.17) is 0 Å². The van der Waals surface area contributed by atoms with Crippen LogP contribution >= 0.6 is 0 Å². The quantitative estimate of drug-likeness (QED) is 0.834. The molecule has 0 aliphatic carbocycles. The SMILES string of the molecule is CNC(C(=O)Nc1ccc(OCC(F)(F)F)nc1)c1cnn(C)c1. The normalized spacial score (nSPS) is 12.7. The Morgan fingerprint density at radius 3 is 2.62 bits per heavy atom. The summed E-state index contributed by atoms with van der Waals surface area (Å²) < 4.78 is 42.2. The zero-order chi connectivity index (χ0) is 17.7. The fourth-order valence-corrected chi connectivity index (χ4v) is 1.95. The molecule has 10 heteroatoms. The molecule has 130 valence electrons. The topological polar surface area (TPSA) is 81.1 Å². The van der Waals surface area contributed by atoms with Gasteiger partial charge in [-0.05, 0) is 13.1 Å². The number of ether oxygens (including phenoxy) is 1. The molecule has 0 spiro atoms. The number of carbonyl (C=O) groups excluding carboxylic acids is 1. The summed E-state index contributed by atoms with van der Waals surface area (Å²) in [7, 11) is 3.36. The average molecular weight is 343 g/mol. The molecule has 0 saturated carbocycles. The van der Waals surface area contributed by atoms with Crippen molar-refractivity contribution in [2.75, 3.05) is 19.0 Å². The summed E-state index contributed by atoms with van der Waals surface area (Å²) in [5, 5.41) is 9.49. The first-order valence-electron chi connectivity index (χ1n) is 6.91. The van der Waals surface area contributed by atoms with Crippen LogP contribution in [0.15, 0.2) is 30.7 Å². The Hall–Kier alpha value is -2.62. The molecule has 2 N–H and O–H groups in total. The third kappa shape index (κ3) is 4.95. The molecule has 1 amide bonds. The van der Waals surface area contributed by atoms with E-state index < -0.39 is 18.8 Å². The molecule has 0 radical (unpaired) electrons. The van der Waals surface area contributed by atoms with Crippen LogP contribution in [0.5, 0.6) is 5.88 Å². The minimum Gasteiger partial charge on any atom is -0.468 e. The van der Waals surface area contributed by atoms with Crippen molar-refractivity contribution in [3.8, 4) is 5.88 Å². The first kappa shape index (κ1) is 17.7. The summed E-state index contributed by atoms with van der Waals surface area (Å²) >= 11 is 0. The maximum atomic E-state index is 12.3. The van der Waals surface area contributed by atoms with Crippen molar-refractivity contribution in [1.82, 2.24) is 20.1 Å². The Bertz CT molecular complexity index is 684. The maximum Gasteiger partial charge on any atom is 0.422 e. The van der Waals surface area contributed by atoms with Gasteiger partial charge in [0.15, 0.2) is 6.61 Å². The van der Waals surface area contributed by atoms with Crippen LogP contribution in [0, 0.1) is 0 Å². The molecule has 1 unspecified atom stereocenters. The zero-order valence-electron chi connectivity index (χ0n) is 13.0. The van der Waals surface area contributed by atoms with Crippen molar-refractivity contribution in [3.63, 3.8) is 0 Å². The smallest absolute Gasteiger partial charge is 0.422 e. The number of aryl methyl sites for hydroxylation is 1. The number of pyridine rings is 1. The second-order valence-electron chi connectivity index (χ2n) is 4.95. The number of carbonyl (C=O) groups is 1. The molecular formula is C14H16F3N5O2. The number of nitrogens with one attached hydrogen (secondary N) is 2. The van der Waals surface area contributed by atoms with Crippen molar-refractivity contribution in [1.29, 1.82) is 0 Å². The van der Waals surface area contributed by atoms with Crippen LogP contribution in [0.1, 0.15) is 11.6 Å². The lowest BCUT2D eigenvalue weighted by Crippen LogP contribution is -2.30. The summed E-state index contributed by atoms with van der Waals surface area (Å²) in [5.74, 6) is -0.529. The molecule has 24 heavy (non-hydrogen) atoms. The number of rotatable bonds is 6. The van der Waals surface area contributed by atoms with E-state index >= 15 is 0 Å². The highest BCUT2D eigenvalue weighted by atomic mass is 19.4. The Morgan fingerprint density at radius 2 is 2.12 bits per heavy atom. The van der Waals surface area contributed by atoms with Crippen LogP contribution in [0.25, 0.3) is 0 Å². The van der Waals surface area contributed by atoms with Gasteiger partial charge in [0.05, 0.1) is 18.1 Å². The predicted molar refractivity (Wildman–Crippen MR) is 79.4 cm³/mol. The van der Waals surface area contributed by atoms with Gasteiger partial charge in [-0.3, -0.25) is 9.48 Å². The van der Waals surface area contributed by atoms with E-state index in [1.807, 2.05) is 0 Å². The number of likely N-dealkylation sites (N-methyl/N-ethyl adjacent to an activating group) is 1. The van der Waals surface area contributed by atoms with Gasteiger partial charge in [-0.15, -0.1) is 0 Å². The van der Waals surface area contributed by atoms with Crippen molar-refractivity contribution in [3.05, 3.63) is 36.3 Å². The second kappa shape index (κ2) is 7.30. The largest absolute Gasteiger partial charge is 0.468 e. The van der Waals surface area contributed by atoms with Gasteiger partial charge < -0.3 is 15.4 Å². The molecule has 2 aromatic rings. The van der Waals surface area contributed by atoms with Gasteiger partial charge in [-0.1, -0.05) is 0 Å². The second-order valence-corrected chi connectivity index (χ2v) is 4.95. The number of nitrogens with zero attached hydrogens (tertiary/aromatic N) is 3. The van der Waals surface area contributed by atoms with E-state index in [1.165, 1.54) is 18.3 Å². The monoisotopic (exact) mass is 343 g/mol.